The summed E-state index contributed by atoms with van der Waals surface area (Å²) in [6.07, 6.45) is 2.31. The lowest BCUT2D eigenvalue weighted by Crippen LogP contribution is -2.34. The highest BCUT2D eigenvalue weighted by Gasteiger charge is 2.11. The second-order valence-corrected chi connectivity index (χ2v) is 16.2. The summed E-state index contributed by atoms with van der Waals surface area (Å²) < 4.78 is 144. The molecule has 0 spiro atoms. The molecule has 0 atom stereocenters. The molecule has 0 amide bonds. The minimum atomic E-state index is -4.67. The molecule has 0 aliphatic heterocycles. The molecule has 0 aromatic heterocycles. The first-order valence-corrected chi connectivity index (χ1v) is 21.9. The first-order chi connectivity index (χ1) is 22.7. The van der Waals surface area contributed by atoms with Crippen molar-refractivity contribution in [2.75, 3.05) is 73.0 Å². The Hall–Kier alpha value is -2.97. The minimum Gasteiger partial charge on any atom is -0.412 e. The summed E-state index contributed by atoms with van der Waals surface area (Å²) in [5.74, 6) is 0. The van der Waals surface area contributed by atoms with Crippen molar-refractivity contribution in [3.63, 3.8) is 0 Å². The third-order valence-electron chi connectivity index (χ3n) is 5.54. The van der Waals surface area contributed by atoms with Crippen LogP contribution in [0.1, 0.15) is 25.0 Å². The van der Waals surface area contributed by atoms with Gasteiger partial charge in [0.2, 0.25) is 20.0 Å². The monoisotopic (exact) mass is 854 g/mol. The number of nitrogen functional groups attached to an aromatic ring is 2. The van der Waals surface area contributed by atoms with Crippen LogP contribution in [-0.4, -0.2) is 127 Å². The largest absolute Gasteiger partial charge is 0.412 e. The topological polar surface area (TPSA) is 406 Å². The average Bonchev–Trinajstić information content (AvgIpc) is 2.89. The van der Waals surface area contributed by atoms with Crippen molar-refractivity contribution in [2.45, 2.75) is 27.7 Å². The van der Waals surface area contributed by atoms with Gasteiger partial charge >= 0.3 is 31.2 Å². The summed E-state index contributed by atoms with van der Waals surface area (Å²) in [7, 11) is -20.3. The lowest BCUT2D eigenvalue weighted by molar-refractivity contribution is 0.378. The number of hydrogen-bond donors (Lipinski definition) is 10. The van der Waals surface area contributed by atoms with Crippen LogP contribution in [0.5, 0.6) is 0 Å². The Labute approximate surface area is 305 Å². The molecule has 2 aromatic carbocycles. The fraction of sp³-hybridized carbons (Fsp3) is 0.500. The molecule has 0 unspecified atom stereocenters. The highest BCUT2D eigenvalue weighted by atomic mass is 32.3. The van der Waals surface area contributed by atoms with Gasteiger partial charge in [0.05, 0.1) is 35.3 Å². The summed E-state index contributed by atoms with van der Waals surface area (Å²) >= 11 is 0. The van der Waals surface area contributed by atoms with Crippen LogP contribution in [0.2, 0.25) is 0 Å². The number of aryl methyl sites for hydroxylation is 2. The molecule has 308 valence electrons. The fourth-order valence-corrected chi connectivity index (χ4v) is 4.44. The van der Waals surface area contributed by atoms with E-state index in [0.717, 1.165) is 59.5 Å². The molecule has 2 aromatic rings. The second kappa shape index (κ2) is 25.1. The third-order valence-corrected chi connectivity index (χ3v) is 7.00. The SMILES string of the molecule is CCN(CCNS(C)(=O)=O)c1cccc(C)c1N.CCN(CCNS(C)(=O)=O)c1cccc(C)c1N.O.O=S(=O)(O)O.O=S(=O)(O)O.O=S(=O)(O)O. The Morgan fingerprint density at radius 2 is 0.788 bits per heavy atom. The van der Waals surface area contributed by atoms with Gasteiger partial charge in [-0.15, -0.1) is 0 Å². The average molecular weight is 855 g/mol. The van der Waals surface area contributed by atoms with Gasteiger partial charge < -0.3 is 26.7 Å². The van der Waals surface area contributed by atoms with Gasteiger partial charge in [-0.05, 0) is 51.0 Å². The smallest absolute Gasteiger partial charge is 0.394 e. The standard InChI is InChI=1S/2C12H21N3O2S.3H2O4S.H2O/c2*1-4-15(9-8-14-18(3,16)17)11-7-5-6-10(2)12(11)13;3*1-5(2,3)4;/h2*5-7,14H,4,8-9,13H2,1-3H3;3*(H2,1,2,3,4);1H2. The molecule has 2 rings (SSSR count). The molecule has 0 bridgehead atoms. The van der Waals surface area contributed by atoms with E-state index in [2.05, 4.69) is 19.2 Å². The maximum absolute atomic E-state index is 11.0. The maximum atomic E-state index is 11.0. The minimum absolute atomic E-state index is 0. The number of nitrogens with two attached hydrogens (primary N) is 2. The number of nitrogens with zero attached hydrogens (tertiary/aromatic N) is 2. The molecule has 28 heteroatoms. The van der Waals surface area contributed by atoms with Gasteiger partial charge in [-0.1, -0.05) is 24.3 Å². The lowest BCUT2D eigenvalue weighted by atomic mass is 10.1. The van der Waals surface area contributed by atoms with Crippen LogP contribution in [0.3, 0.4) is 0 Å². The van der Waals surface area contributed by atoms with E-state index >= 15 is 0 Å². The van der Waals surface area contributed by atoms with Crippen LogP contribution in [0.4, 0.5) is 22.7 Å². The molecule has 14 N–H and O–H groups in total. The zero-order valence-electron chi connectivity index (χ0n) is 29.1. The molecule has 0 saturated heterocycles. The van der Waals surface area contributed by atoms with Crippen LogP contribution in [0.15, 0.2) is 36.4 Å². The van der Waals surface area contributed by atoms with Crippen molar-refractivity contribution in [2.24, 2.45) is 0 Å². The van der Waals surface area contributed by atoms with Crippen LogP contribution in [0.25, 0.3) is 0 Å². The van der Waals surface area contributed by atoms with Crippen molar-refractivity contribution < 1.29 is 74.9 Å². The van der Waals surface area contributed by atoms with Gasteiger partial charge in [-0.25, -0.2) is 26.3 Å². The van der Waals surface area contributed by atoms with Crippen molar-refractivity contribution in [1.82, 2.24) is 9.44 Å². The summed E-state index contributed by atoms with van der Waals surface area (Å²) in [6.45, 7) is 11.4. The van der Waals surface area contributed by atoms with E-state index in [1.165, 1.54) is 0 Å². The van der Waals surface area contributed by atoms with E-state index in [1.807, 2.05) is 64.1 Å². The van der Waals surface area contributed by atoms with Crippen LogP contribution >= 0.6 is 0 Å². The van der Waals surface area contributed by atoms with E-state index in [9.17, 15) is 16.8 Å². The Kier molecular flexibility index (Phi) is 26.9. The summed E-state index contributed by atoms with van der Waals surface area (Å²) in [6, 6.07) is 11.7. The second-order valence-electron chi connectivity index (χ2n) is 9.85. The summed E-state index contributed by atoms with van der Waals surface area (Å²) in [4.78, 5) is 4.11. The van der Waals surface area contributed by atoms with Gasteiger partial charge in [-0.2, -0.15) is 25.3 Å². The zero-order chi connectivity index (χ0) is 41.0. The highest BCUT2D eigenvalue weighted by molar-refractivity contribution is 7.89. The van der Waals surface area contributed by atoms with Gasteiger partial charge in [0.15, 0.2) is 0 Å². The van der Waals surface area contributed by atoms with Gasteiger partial charge in [0, 0.05) is 39.3 Å². The van der Waals surface area contributed by atoms with Gasteiger partial charge in [0.1, 0.15) is 0 Å². The van der Waals surface area contributed by atoms with Crippen LogP contribution in [0, 0.1) is 13.8 Å². The predicted octanol–water partition coefficient (Wildman–Crippen LogP) is -0.878. The molecule has 0 radical (unpaired) electrons. The number of likely N-dealkylation sites (N-methyl/N-ethyl adjacent to an activating group) is 2. The molecular weight excluding hydrogens is 805 g/mol. The number of rotatable bonds is 12. The Morgan fingerprint density at radius 1 is 0.558 bits per heavy atom. The van der Waals surface area contributed by atoms with E-state index in [-0.39, 0.29) is 5.48 Å². The summed E-state index contributed by atoms with van der Waals surface area (Å²) in [5.41, 5.74) is 17.5. The van der Waals surface area contributed by atoms with Crippen LogP contribution in [-0.2, 0) is 51.2 Å². The third kappa shape index (κ3) is 38.3. The molecule has 23 nitrogen and oxygen atoms in total. The van der Waals surface area contributed by atoms with E-state index in [0.29, 0.717) is 26.2 Å². The van der Waals surface area contributed by atoms with Gasteiger partial charge in [-0.3, -0.25) is 27.3 Å². The number of nitrogens with one attached hydrogen (secondary N) is 2. The molecule has 0 saturated carbocycles. The molecule has 0 fully saturated rings. The number of hydrogen-bond acceptors (Lipinski definition) is 14. The molecular formula is C24H50N6O17S5. The molecule has 0 aliphatic rings. The Bertz CT molecular complexity index is 1710. The molecule has 52 heavy (non-hydrogen) atoms. The predicted molar refractivity (Wildman–Crippen MR) is 199 cm³/mol. The summed E-state index contributed by atoms with van der Waals surface area (Å²) in [5, 5.41) is 0. The van der Waals surface area contributed by atoms with E-state index in [4.69, 9.17) is 64.0 Å². The van der Waals surface area contributed by atoms with Crippen LogP contribution < -0.4 is 30.7 Å². The zero-order valence-corrected chi connectivity index (χ0v) is 33.1. The Morgan fingerprint density at radius 3 is 0.981 bits per heavy atom. The molecule has 0 heterocycles. The van der Waals surface area contributed by atoms with Crippen molar-refractivity contribution >= 4 is 74.0 Å². The quantitative estimate of drug-likeness (QED) is 0.0915. The fourth-order valence-electron chi connectivity index (χ4n) is 3.51. The van der Waals surface area contributed by atoms with Crippen molar-refractivity contribution in [3.8, 4) is 0 Å². The first-order valence-electron chi connectivity index (χ1n) is 13.9. The number of sulfonamides is 2. The van der Waals surface area contributed by atoms with Crippen molar-refractivity contribution in [3.05, 3.63) is 47.5 Å². The van der Waals surface area contributed by atoms with E-state index < -0.39 is 51.2 Å². The normalized spacial score (nSPS) is 11.3. The lowest BCUT2D eigenvalue weighted by Gasteiger charge is -2.25. The van der Waals surface area contributed by atoms with Crippen molar-refractivity contribution in [1.29, 1.82) is 0 Å². The Balaban J connectivity index is -0.000000315. The van der Waals surface area contributed by atoms with Gasteiger partial charge in [0.25, 0.3) is 0 Å². The first kappa shape index (κ1) is 55.8. The highest BCUT2D eigenvalue weighted by Crippen LogP contribution is 2.26. The molecule has 0 aliphatic carbocycles. The number of para-hydroxylation sites is 2. The maximum Gasteiger partial charge on any atom is 0.394 e. The van der Waals surface area contributed by atoms with E-state index in [1.54, 1.807) is 0 Å². The number of benzene rings is 2. The number of anilines is 4.